The lowest BCUT2D eigenvalue weighted by atomic mass is 9.95. The Hall–Kier alpha value is -3.14. The van der Waals surface area contributed by atoms with E-state index in [1.54, 1.807) is 12.4 Å². The first kappa shape index (κ1) is 14.5. The van der Waals surface area contributed by atoms with Crippen molar-refractivity contribution >= 4 is 11.6 Å². The molecule has 0 saturated heterocycles. The average Bonchev–Trinajstić information content (AvgIpc) is 2.63. The van der Waals surface area contributed by atoms with E-state index in [4.69, 9.17) is 4.74 Å². The first-order valence-corrected chi connectivity index (χ1v) is 7.90. The van der Waals surface area contributed by atoms with Crippen molar-refractivity contribution < 1.29 is 9.53 Å². The van der Waals surface area contributed by atoms with Crippen LogP contribution in [0, 0.1) is 0 Å². The molecule has 0 bridgehead atoms. The van der Waals surface area contributed by atoms with E-state index in [0.717, 1.165) is 34.5 Å². The van der Waals surface area contributed by atoms with Crippen LogP contribution in [-0.2, 0) is 11.2 Å². The largest absolute Gasteiger partial charge is 0.457 e. The SMILES string of the molecule is O=C1CCc2ccc(Oc3ccccc3)c(-c3cccnc3)c2N1. The molecule has 1 N–H and O–H groups in total. The Balaban J connectivity index is 1.87. The third kappa shape index (κ3) is 2.74. The van der Waals surface area contributed by atoms with Gasteiger partial charge in [-0.25, -0.2) is 0 Å². The van der Waals surface area contributed by atoms with Crippen molar-refractivity contribution in [2.45, 2.75) is 12.8 Å². The van der Waals surface area contributed by atoms with Crippen molar-refractivity contribution in [2.75, 3.05) is 5.32 Å². The first-order valence-electron chi connectivity index (χ1n) is 7.90. The highest BCUT2D eigenvalue weighted by molar-refractivity contribution is 6.00. The van der Waals surface area contributed by atoms with Crippen molar-refractivity contribution in [3.8, 4) is 22.6 Å². The van der Waals surface area contributed by atoms with Crippen molar-refractivity contribution in [1.29, 1.82) is 0 Å². The monoisotopic (exact) mass is 316 g/mol. The van der Waals surface area contributed by atoms with Gasteiger partial charge in [-0.05, 0) is 36.2 Å². The van der Waals surface area contributed by atoms with Crippen molar-refractivity contribution in [3.05, 3.63) is 72.6 Å². The number of carbonyl (C=O) groups excluding carboxylic acids is 1. The highest BCUT2D eigenvalue weighted by Gasteiger charge is 2.22. The zero-order valence-corrected chi connectivity index (χ0v) is 13.0. The Bertz CT molecular complexity index is 877. The molecule has 3 aromatic rings. The standard InChI is InChI=1S/C20H16N2O2/c23-18-11-9-14-8-10-17(24-16-6-2-1-3-7-16)19(20(14)22-18)15-5-4-12-21-13-15/h1-8,10,12-13H,9,11H2,(H,22,23). The number of hydrogen-bond donors (Lipinski definition) is 1. The Morgan fingerprint density at radius 2 is 1.83 bits per heavy atom. The van der Waals surface area contributed by atoms with E-state index in [0.29, 0.717) is 12.2 Å². The molecule has 0 radical (unpaired) electrons. The smallest absolute Gasteiger partial charge is 0.224 e. The summed E-state index contributed by atoms with van der Waals surface area (Å²) in [5, 5.41) is 3.01. The van der Waals surface area contributed by atoms with Gasteiger partial charge in [0, 0.05) is 29.9 Å². The number of para-hydroxylation sites is 1. The van der Waals surface area contributed by atoms with E-state index < -0.39 is 0 Å². The van der Waals surface area contributed by atoms with Gasteiger partial charge in [-0.1, -0.05) is 30.3 Å². The Kier molecular flexibility index (Phi) is 3.71. The predicted octanol–water partition coefficient (Wildman–Crippen LogP) is 4.43. The fraction of sp³-hybridized carbons (Fsp3) is 0.100. The minimum atomic E-state index is 0.0319. The van der Waals surface area contributed by atoms with Crippen molar-refractivity contribution in [3.63, 3.8) is 0 Å². The normalized spacial score (nSPS) is 13.1. The Labute approximate surface area is 140 Å². The molecule has 0 atom stereocenters. The lowest BCUT2D eigenvalue weighted by Crippen LogP contribution is -2.19. The molecule has 2 aromatic carbocycles. The number of nitrogens with one attached hydrogen (secondary N) is 1. The lowest BCUT2D eigenvalue weighted by molar-refractivity contribution is -0.116. The van der Waals surface area contributed by atoms with Gasteiger partial charge in [0.1, 0.15) is 11.5 Å². The highest BCUT2D eigenvalue weighted by atomic mass is 16.5. The summed E-state index contributed by atoms with van der Waals surface area (Å²) in [4.78, 5) is 16.1. The van der Waals surface area contributed by atoms with Gasteiger partial charge in [-0.2, -0.15) is 0 Å². The summed E-state index contributed by atoms with van der Waals surface area (Å²) in [6.45, 7) is 0. The molecule has 1 aliphatic rings. The number of ether oxygens (including phenoxy) is 1. The molecular weight excluding hydrogens is 300 g/mol. The Morgan fingerprint density at radius 3 is 2.62 bits per heavy atom. The van der Waals surface area contributed by atoms with Gasteiger partial charge in [-0.15, -0.1) is 0 Å². The van der Waals surface area contributed by atoms with Crippen LogP contribution in [-0.4, -0.2) is 10.9 Å². The van der Waals surface area contributed by atoms with E-state index in [9.17, 15) is 4.79 Å². The predicted molar refractivity (Wildman–Crippen MR) is 93.1 cm³/mol. The van der Waals surface area contributed by atoms with Gasteiger partial charge < -0.3 is 10.1 Å². The quantitative estimate of drug-likeness (QED) is 0.778. The molecular formula is C20H16N2O2. The third-order valence-electron chi connectivity index (χ3n) is 4.06. The van der Waals surface area contributed by atoms with Gasteiger partial charge in [0.2, 0.25) is 5.91 Å². The molecule has 24 heavy (non-hydrogen) atoms. The number of rotatable bonds is 3. The number of pyridine rings is 1. The summed E-state index contributed by atoms with van der Waals surface area (Å²) >= 11 is 0. The third-order valence-corrected chi connectivity index (χ3v) is 4.06. The van der Waals surface area contributed by atoms with Crippen LogP contribution in [0.1, 0.15) is 12.0 Å². The molecule has 4 nitrogen and oxygen atoms in total. The molecule has 1 amide bonds. The minimum Gasteiger partial charge on any atom is -0.457 e. The number of anilines is 1. The van der Waals surface area contributed by atoms with Crippen LogP contribution in [0.3, 0.4) is 0 Å². The average molecular weight is 316 g/mol. The molecule has 1 aliphatic heterocycles. The van der Waals surface area contributed by atoms with Gasteiger partial charge in [0.15, 0.2) is 0 Å². The molecule has 0 saturated carbocycles. The van der Waals surface area contributed by atoms with E-state index in [1.807, 2.05) is 54.6 Å². The van der Waals surface area contributed by atoms with Gasteiger partial charge >= 0.3 is 0 Å². The summed E-state index contributed by atoms with van der Waals surface area (Å²) in [5.41, 5.74) is 3.74. The maximum Gasteiger partial charge on any atom is 0.224 e. The fourth-order valence-corrected chi connectivity index (χ4v) is 2.93. The number of amides is 1. The van der Waals surface area contributed by atoms with E-state index in [2.05, 4.69) is 10.3 Å². The number of nitrogens with zero attached hydrogens (tertiary/aromatic N) is 1. The van der Waals surface area contributed by atoms with Gasteiger partial charge in [0.05, 0.1) is 5.69 Å². The second-order valence-corrected chi connectivity index (χ2v) is 5.68. The lowest BCUT2D eigenvalue weighted by Gasteiger charge is -2.22. The maximum absolute atomic E-state index is 11.9. The molecule has 0 aliphatic carbocycles. The van der Waals surface area contributed by atoms with Gasteiger partial charge in [0.25, 0.3) is 0 Å². The van der Waals surface area contributed by atoms with Crippen molar-refractivity contribution in [1.82, 2.24) is 4.98 Å². The van der Waals surface area contributed by atoms with Crippen LogP contribution in [0.4, 0.5) is 5.69 Å². The Morgan fingerprint density at radius 1 is 0.958 bits per heavy atom. The molecule has 0 fully saturated rings. The summed E-state index contributed by atoms with van der Waals surface area (Å²) in [5.74, 6) is 1.49. The van der Waals surface area contributed by atoms with E-state index in [-0.39, 0.29) is 5.91 Å². The van der Waals surface area contributed by atoms with Crippen LogP contribution in [0.15, 0.2) is 67.0 Å². The molecule has 4 rings (SSSR count). The van der Waals surface area contributed by atoms with E-state index >= 15 is 0 Å². The highest BCUT2D eigenvalue weighted by Crippen LogP contribution is 2.42. The van der Waals surface area contributed by atoms with Gasteiger partial charge in [-0.3, -0.25) is 9.78 Å². The zero-order valence-electron chi connectivity index (χ0n) is 13.0. The number of aromatic nitrogens is 1. The minimum absolute atomic E-state index is 0.0319. The molecule has 4 heteroatoms. The van der Waals surface area contributed by atoms with Crippen LogP contribution in [0.2, 0.25) is 0 Å². The summed E-state index contributed by atoms with van der Waals surface area (Å²) < 4.78 is 6.09. The summed E-state index contributed by atoms with van der Waals surface area (Å²) in [6.07, 6.45) is 4.77. The summed E-state index contributed by atoms with van der Waals surface area (Å²) in [7, 11) is 0. The zero-order chi connectivity index (χ0) is 16.4. The maximum atomic E-state index is 11.9. The number of carbonyl (C=O) groups is 1. The number of aryl methyl sites for hydroxylation is 1. The van der Waals surface area contributed by atoms with Crippen LogP contribution >= 0.6 is 0 Å². The van der Waals surface area contributed by atoms with Crippen LogP contribution < -0.4 is 10.1 Å². The molecule has 0 unspecified atom stereocenters. The topological polar surface area (TPSA) is 51.2 Å². The van der Waals surface area contributed by atoms with Crippen molar-refractivity contribution in [2.24, 2.45) is 0 Å². The second-order valence-electron chi connectivity index (χ2n) is 5.68. The van der Waals surface area contributed by atoms with E-state index in [1.165, 1.54) is 0 Å². The van der Waals surface area contributed by atoms with Crippen LogP contribution in [0.5, 0.6) is 11.5 Å². The molecule has 0 spiro atoms. The molecule has 2 heterocycles. The molecule has 1 aromatic heterocycles. The first-order chi connectivity index (χ1) is 11.8. The number of benzene rings is 2. The van der Waals surface area contributed by atoms with Crippen LogP contribution in [0.25, 0.3) is 11.1 Å². The number of hydrogen-bond acceptors (Lipinski definition) is 3. The summed E-state index contributed by atoms with van der Waals surface area (Å²) in [6, 6.07) is 17.5. The fourth-order valence-electron chi connectivity index (χ4n) is 2.93. The second kappa shape index (κ2) is 6.16. The number of fused-ring (bicyclic) bond motifs is 1. The molecule has 118 valence electrons.